The van der Waals surface area contributed by atoms with Crippen LogP contribution in [-0.2, 0) is 10.0 Å². The number of benzene rings is 2. The lowest BCUT2D eigenvalue weighted by atomic mass is 10.2. The minimum Gasteiger partial charge on any atom is -0.268 e. The van der Waals surface area contributed by atoms with Crippen molar-refractivity contribution >= 4 is 27.3 Å². The topological polar surface area (TPSA) is 61.2 Å². The lowest BCUT2D eigenvalue weighted by molar-refractivity contribution is 0.594. The number of hydrogen-bond donors (Lipinski definition) is 0. The van der Waals surface area contributed by atoms with Crippen LogP contribution in [0.4, 0.5) is 5.69 Å². The fourth-order valence-electron chi connectivity index (χ4n) is 1.77. The molecule has 0 aliphatic carbocycles. The average molecular weight is 307 g/mol. The summed E-state index contributed by atoms with van der Waals surface area (Å²) in [5.74, 6) is 0. The van der Waals surface area contributed by atoms with Crippen molar-refractivity contribution in [2.24, 2.45) is 0 Å². The lowest BCUT2D eigenvalue weighted by Crippen LogP contribution is -2.27. The molecule has 102 valence electrons. The molecule has 2 aromatic carbocycles. The molecule has 2 rings (SSSR count). The number of hydrogen-bond acceptors (Lipinski definition) is 3. The molecule has 0 amide bonds. The Bertz CT molecular complexity index is 782. The number of sulfonamides is 1. The molecule has 0 aromatic heterocycles. The molecular weight excluding hydrogens is 296 g/mol. The van der Waals surface area contributed by atoms with Crippen molar-refractivity contribution in [3.05, 3.63) is 59.1 Å². The van der Waals surface area contributed by atoms with Crippen molar-refractivity contribution in [1.82, 2.24) is 0 Å². The zero-order valence-electron chi connectivity index (χ0n) is 10.6. The summed E-state index contributed by atoms with van der Waals surface area (Å²) in [5, 5.41) is 9.21. The first-order chi connectivity index (χ1) is 9.48. The molecule has 6 heteroatoms. The molecule has 0 radical (unpaired) electrons. The van der Waals surface area contributed by atoms with Crippen molar-refractivity contribution in [2.45, 2.75) is 4.90 Å². The van der Waals surface area contributed by atoms with Crippen molar-refractivity contribution in [2.75, 3.05) is 11.4 Å². The van der Waals surface area contributed by atoms with Crippen molar-refractivity contribution in [3.63, 3.8) is 0 Å². The van der Waals surface area contributed by atoms with E-state index in [0.717, 1.165) is 4.31 Å². The van der Waals surface area contributed by atoms with Crippen LogP contribution in [0.2, 0.25) is 5.02 Å². The van der Waals surface area contributed by atoms with Crippen LogP contribution in [0.1, 0.15) is 5.56 Å². The van der Waals surface area contributed by atoms with E-state index in [2.05, 4.69) is 0 Å². The minimum absolute atomic E-state index is 0.0110. The summed E-state index contributed by atoms with van der Waals surface area (Å²) in [6.45, 7) is 0. The monoisotopic (exact) mass is 306 g/mol. The number of anilines is 1. The van der Waals surface area contributed by atoms with Crippen LogP contribution in [0.15, 0.2) is 53.4 Å². The van der Waals surface area contributed by atoms with Crippen LogP contribution in [0.3, 0.4) is 0 Å². The standard InChI is InChI=1S/C14H11ClN2O2S/c1-17(13-8-4-2-6-11(13)10-16)20(18,19)14-9-5-3-7-12(14)15/h2-9H,1H3. The van der Waals surface area contributed by atoms with Gasteiger partial charge in [0.1, 0.15) is 11.0 Å². The van der Waals surface area contributed by atoms with Gasteiger partial charge in [-0.1, -0.05) is 35.9 Å². The average Bonchev–Trinajstić information content (AvgIpc) is 2.46. The molecule has 0 saturated carbocycles. The Morgan fingerprint density at radius 1 is 1.10 bits per heavy atom. The number of halogens is 1. The second kappa shape index (κ2) is 5.53. The van der Waals surface area contributed by atoms with E-state index in [1.54, 1.807) is 36.4 Å². The maximum absolute atomic E-state index is 12.6. The number of nitriles is 1. The van der Waals surface area contributed by atoms with Gasteiger partial charge in [0.25, 0.3) is 10.0 Å². The minimum atomic E-state index is -3.81. The van der Waals surface area contributed by atoms with Gasteiger partial charge in [-0.15, -0.1) is 0 Å². The second-order valence-corrected chi connectivity index (χ2v) is 6.38. The van der Waals surface area contributed by atoms with Gasteiger partial charge in [0.15, 0.2) is 0 Å². The molecule has 20 heavy (non-hydrogen) atoms. The van der Waals surface area contributed by atoms with E-state index in [4.69, 9.17) is 16.9 Å². The normalized spacial score (nSPS) is 10.8. The molecule has 0 aliphatic heterocycles. The molecule has 0 unspecified atom stereocenters. The molecule has 0 fully saturated rings. The molecule has 0 N–H and O–H groups in total. The third-order valence-electron chi connectivity index (χ3n) is 2.84. The van der Waals surface area contributed by atoms with Crippen LogP contribution in [-0.4, -0.2) is 15.5 Å². The summed E-state index contributed by atoms with van der Waals surface area (Å²) < 4.78 is 26.2. The van der Waals surface area contributed by atoms with Crippen LogP contribution in [0.25, 0.3) is 0 Å². The lowest BCUT2D eigenvalue weighted by Gasteiger charge is -2.21. The molecule has 0 bridgehead atoms. The smallest absolute Gasteiger partial charge is 0.265 e. The summed E-state index contributed by atoms with van der Waals surface area (Å²) >= 11 is 5.94. The van der Waals surface area contributed by atoms with Gasteiger partial charge in [-0.3, -0.25) is 4.31 Å². The van der Waals surface area contributed by atoms with Gasteiger partial charge in [0.2, 0.25) is 0 Å². The van der Waals surface area contributed by atoms with E-state index >= 15 is 0 Å². The van der Waals surface area contributed by atoms with E-state index in [0.29, 0.717) is 5.69 Å². The predicted molar refractivity (Wildman–Crippen MR) is 78.2 cm³/mol. The summed E-state index contributed by atoms with van der Waals surface area (Å²) in [6, 6.07) is 14.7. The van der Waals surface area contributed by atoms with E-state index < -0.39 is 10.0 Å². The highest BCUT2D eigenvalue weighted by atomic mass is 35.5. The SMILES string of the molecule is CN(c1ccccc1C#N)S(=O)(=O)c1ccccc1Cl. The third kappa shape index (κ3) is 2.48. The van der Waals surface area contributed by atoms with Crippen molar-refractivity contribution in [1.29, 1.82) is 5.26 Å². The van der Waals surface area contributed by atoms with Crippen LogP contribution in [0, 0.1) is 11.3 Å². The van der Waals surface area contributed by atoms with Crippen LogP contribution in [0.5, 0.6) is 0 Å². The number of nitrogens with zero attached hydrogens (tertiary/aromatic N) is 2. The fraction of sp³-hybridized carbons (Fsp3) is 0.0714. The highest BCUT2D eigenvalue weighted by molar-refractivity contribution is 7.93. The molecule has 0 saturated heterocycles. The van der Waals surface area contributed by atoms with Gasteiger partial charge < -0.3 is 0 Å². The van der Waals surface area contributed by atoms with Gasteiger partial charge in [0, 0.05) is 7.05 Å². The molecule has 2 aromatic rings. The summed E-state index contributed by atoms with van der Waals surface area (Å²) in [6.07, 6.45) is 0. The zero-order valence-corrected chi connectivity index (χ0v) is 12.2. The van der Waals surface area contributed by atoms with Gasteiger partial charge in [0.05, 0.1) is 16.3 Å². The molecule has 0 heterocycles. The van der Waals surface area contributed by atoms with Gasteiger partial charge in [-0.05, 0) is 24.3 Å². The summed E-state index contributed by atoms with van der Waals surface area (Å²) in [7, 11) is -2.41. The fourth-order valence-corrected chi connectivity index (χ4v) is 3.48. The van der Waals surface area contributed by atoms with Gasteiger partial charge >= 0.3 is 0 Å². The molecule has 0 atom stereocenters. The second-order valence-electron chi connectivity index (χ2n) is 4.03. The molecule has 4 nitrogen and oxygen atoms in total. The Morgan fingerprint density at radius 2 is 1.70 bits per heavy atom. The Hall–Kier alpha value is -2.03. The van der Waals surface area contributed by atoms with Gasteiger partial charge in [-0.2, -0.15) is 5.26 Å². The van der Waals surface area contributed by atoms with E-state index in [9.17, 15) is 8.42 Å². The maximum Gasteiger partial charge on any atom is 0.265 e. The van der Waals surface area contributed by atoms with Crippen molar-refractivity contribution < 1.29 is 8.42 Å². The Labute approximate surface area is 122 Å². The van der Waals surface area contributed by atoms with E-state index in [1.165, 1.54) is 19.2 Å². The third-order valence-corrected chi connectivity index (χ3v) is 5.11. The Balaban J connectivity index is 2.56. The molecular formula is C14H11ClN2O2S. The zero-order chi connectivity index (χ0) is 14.8. The maximum atomic E-state index is 12.6. The predicted octanol–water partition coefficient (Wildman–Crippen LogP) is 3.04. The quantitative estimate of drug-likeness (QED) is 0.875. The van der Waals surface area contributed by atoms with E-state index in [-0.39, 0.29) is 15.5 Å². The highest BCUT2D eigenvalue weighted by Gasteiger charge is 2.25. The Kier molecular flexibility index (Phi) is 3.98. The summed E-state index contributed by atoms with van der Waals surface area (Å²) in [5.41, 5.74) is 0.598. The highest BCUT2D eigenvalue weighted by Crippen LogP contribution is 2.28. The van der Waals surface area contributed by atoms with E-state index in [1.807, 2.05) is 6.07 Å². The molecule has 0 aliphatic rings. The van der Waals surface area contributed by atoms with Crippen molar-refractivity contribution in [3.8, 4) is 6.07 Å². The van der Waals surface area contributed by atoms with Gasteiger partial charge in [-0.25, -0.2) is 8.42 Å². The molecule has 0 spiro atoms. The summed E-state index contributed by atoms with van der Waals surface area (Å²) in [4.78, 5) is 0.0110. The van der Waals surface area contributed by atoms with Crippen LogP contribution < -0.4 is 4.31 Å². The Morgan fingerprint density at radius 3 is 2.35 bits per heavy atom. The van der Waals surface area contributed by atoms with Crippen LogP contribution >= 0.6 is 11.6 Å². The number of rotatable bonds is 3. The first kappa shape index (κ1) is 14.4. The largest absolute Gasteiger partial charge is 0.268 e. The number of para-hydroxylation sites is 1. The first-order valence-electron chi connectivity index (χ1n) is 5.71. The first-order valence-corrected chi connectivity index (χ1v) is 7.53.